The van der Waals surface area contributed by atoms with Gasteiger partial charge in [0.05, 0.1) is 0 Å². The van der Waals surface area contributed by atoms with E-state index < -0.39 is 0 Å². The van der Waals surface area contributed by atoms with E-state index in [1.54, 1.807) is 11.3 Å². The van der Waals surface area contributed by atoms with Crippen molar-refractivity contribution in [1.29, 1.82) is 0 Å². The number of pyridine rings is 1. The fourth-order valence-electron chi connectivity index (χ4n) is 0.800. The highest BCUT2D eigenvalue weighted by atomic mass is 32.1. The minimum absolute atomic E-state index is 0. The van der Waals surface area contributed by atoms with Crippen molar-refractivity contribution < 1.29 is 0 Å². The average molecular weight is 264 g/mol. The molecular weight excluding hydrogens is 226 g/mol. The van der Waals surface area contributed by atoms with Crippen LogP contribution in [0.25, 0.3) is 10.2 Å². The summed E-state index contributed by atoms with van der Waals surface area (Å²) in [5, 5.41) is 3.29. The number of hydrogen-bond donors (Lipinski definition) is 0. The largest absolute Gasteiger partial charge is 0.245 e. The second kappa shape index (κ2) is 20.5. The monoisotopic (exact) mass is 263 g/mol. The minimum atomic E-state index is 0. The summed E-state index contributed by atoms with van der Waals surface area (Å²) >= 11 is 1.68. The molecule has 0 spiro atoms. The van der Waals surface area contributed by atoms with Gasteiger partial charge in [-0.25, -0.2) is 4.98 Å². The molecule has 0 N–H and O–H groups in total. The number of nitrogens with zero attached hydrogens (tertiary/aromatic N) is 1. The molecule has 0 radical (unpaired) electrons. The molecule has 1 nitrogen and oxygen atoms in total. The van der Waals surface area contributed by atoms with Crippen LogP contribution in [0.5, 0.6) is 0 Å². The number of hydrogen-bond acceptors (Lipinski definition) is 2. The Balaban J connectivity index is -0.0000000250. The van der Waals surface area contributed by atoms with Gasteiger partial charge in [0.1, 0.15) is 4.83 Å². The third-order valence-electron chi connectivity index (χ3n) is 1.23. The Morgan fingerprint density at radius 1 is 0.765 bits per heavy atom. The summed E-state index contributed by atoms with van der Waals surface area (Å²) < 4.78 is 0. The first-order chi connectivity index (χ1) is 4.47. The molecule has 2 heteroatoms. The topological polar surface area (TPSA) is 12.9 Å². The Kier molecular flexibility index (Phi) is 53.5. The second-order valence-corrected chi connectivity index (χ2v) is 2.71. The van der Waals surface area contributed by atoms with Crippen molar-refractivity contribution >= 4 is 21.6 Å². The van der Waals surface area contributed by atoms with Crippen molar-refractivity contribution in [3.63, 3.8) is 0 Å². The van der Waals surface area contributed by atoms with Gasteiger partial charge in [0.2, 0.25) is 0 Å². The first-order valence-electron chi connectivity index (χ1n) is 2.75. The predicted octanol–water partition coefficient (Wildman–Crippen LogP) is 7.39. The van der Waals surface area contributed by atoms with E-state index in [4.69, 9.17) is 0 Å². The van der Waals surface area contributed by atoms with Gasteiger partial charge in [-0.15, -0.1) is 11.3 Å². The zero-order valence-electron chi connectivity index (χ0n) is 4.74. The molecule has 0 aliphatic carbocycles. The van der Waals surface area contributed by atoms with Crippen LogP contribution in [-0.4, -0.2) is 4.98 Å². The normalized spacial score (nSPS) is 5.41. The van der Waals surface area contributed by atoms with Gasteiger partial charge in [0.15, 0.2) is 0 Å². The van der Waals surface area contributed by atoms with Gasteiger partial charge >= 0.3 is 0 Å². The van der Waals surface area contributed by atoms with Crippen LogP contribution in [0, 0.1) is 0 Å². The molecule has 0 aliphatic heterocycles. The van der Waals surface area contributed by atoms with Crippen LogP contribution in [0.4, 0.5) is 0 Å². The highest BCUT2D eigenvalue weighted by Crippen LogP contribution is 2.15. The van der Waals surface area contributed by atoms with Crippen LogP contribution < -0.4 is 0 Å². The van der Waals surface area contributed by atoms with Gasteiger partial charge in [-0.2, -0.15) is 0 Å². The molecule has 0 saturated heterocycles. The van der Waals surface area contributed by atoms with Gasteiger partial charge in [-0.05, 0) is 17.5 Å². The first-order valence-corrected chi connectivity index (χ1v) is 3.63. The minimum Gasteiger partial charge on any atom is -0.245 e. The highest BCUT2D eigenvalue weighted by molar-refractivity contribution is 7.16. The van der Waals surface area contributed by atoms with E-state index in [1.807, 2.05) is 12.3 Å². The summed E-state index contributed by atoms with van der Waals surface area (Å²) in [5.74, 6) is 0. The first kappa shape index (κ1) is 44.3. The van der Waals surface area contributed by atoms with Gasteiger partial charge < -0.3 is 0 Å². The Labute approximate surface area is 116 Å². The van der Waals surface area contributed by atoms with E-state index in [2.05, 4.69) is 22.5 Å². The molecular formula is C15H37NS. The summed E-state index contributed by atoms with van der Waals surface area (Å²) in [6.45, 7) is 0. The highest BCUT2D eigenvalue weighted by Gasteiger charge is 1.89. The van der Waals surface area contributed by atoms with Crippen molar-refractivity contribution in [3.8, 4) is 0 Å². The molecule has 0 aromatic carbocycles. The molecule has 2 rings (SSSR count). The SMILES string of the molecule is C.C.C.C.C.C.C.C.c1cnc2sccc2c1. The molecule has 17 heavy (non-hydrogen) atoms. The van der Waals surface area contributed by atoms with E-state index in [-0.39, 0.29) is 59.4 Å². The zero-order chi connectivity index (χ0) is 6.10. The van der Waals surface area contributed by atoms with Gasteiger partial charge in [-0.1, -0.05) is 65.5 Å². The zero-order valence-corrected chi connectivity index (χ0v) is 5.56. The molecule has 2 aromatic heterocycles. The predicted molar refractivity (Wildman–Crippen MR) is 93.5 cm³/mol. The molecule has 2 heterocycles. The van der Waals surface area contributed by atoms with E-state index in [0.29, 0.717) is 0 Å². The summed E-state index contributed by atoms with van der Waals surface area (Å²) in [4.78, 5) is 5.28. The summed E-state index contributed by atoms with van der Waals surface area (Å²) in [7, 11) is 0. The Hall–Kier alpha value is -0.890. The van der Waals surface area contributed by atoms with Crippen molar-refractivity contribution in [2.45, 2.75) is 59.4 Å². The summed E-state index contributed by atoms with van der Waals surface area (Å²) in [6.07, 6.45) is 1.82. The standard InChI is InChI=1S/C7H5NS.8CH4/c1-2-6-3-5-9-7(6)8-4-1;;;;;;;;/h1-5H;8*1H4. The van der Waals surface area contributed by atoms with E-state index in [9.17, 15) is 0 Å². The maximum atomic E-state index is 4.16. The van der Waals surface area contributed by atoms with E-state index >= 15 is 0 Å². The average Bonchev–Trinajstić information content (AvgIpc) is 2.33. The van der Waals surface area contributed by atoms with Crippen molar-refractivity contribution in [3.05, 3.63) is 29.8 Å². The van der Waals surface area contributed by atoms with E-state index in [1.165, 1.54) is 5.39 Å². The molecule has 2 aromatic rings. The maximum absolute atomic E-state index is 4.16. The smallest absolute Gasteiger partial charge is 0.123 e. The fraction of sp³-hybridized carbons (Fsp3) is 0.533. The lowest BCUT2D eigenvalue weighted by atomic mass is 10.4. The van der Waals surface area contributed by atoms with Crippen molar-refractivity contribution in [2.75, 3.05) is 0 Å². The van der Waals surface area contributed by atoms with Gasteiger partial charge in [-0.3, -0.25) is 0 Å². The molecule has 0 bridgehead atoms. The molecule has 108 valence electrons. The number of aromatic nitrogens is 1. The Morgan fingerprint density at radius 2 is 1.29 bits per heavy atom. The Morgan fingerprint density at radius 3 is 1.76 bits per heavy atom. The number of fused-ring (bicyclic) bond motifs is 1. The third kappa shape index (κ3) is 10.0. The molecule has 0 atom stereocenters. The molecule has 0 unspecified atom stereocenters. The summed E-state index contributed by atoms with van der Waals surface area (Å²) in [5.41, 5.74) is 0. The van der Waals surface area contributed by atoms with Crippen molar-refractivity contribution in [1.82, 2.24) is 4.98 Å². The molecule has 0 saturated carbocycles. The van der Waals surface area contributed by atoms with Crippen LogP contribution >= 0.6 is 11.3 Å². The van der Waals surface area contributed by atoms with Crippen LogP contribution in [0.15, 0.2) is 29.8 Å². The molecule has 0 amide bonds. The third-order valence-corrected chi connectivity index (χ3v) is 2.06. The lowest BCUT2D eigenvalue weighted by Gasteiger charge is -1.81. The van der Waals surface area contributed by atoms with Gasteiger partial charge in [0.25, 0.3) is 0 Å². The number of rotatable bonds is 0. The lowest BCUT2D eigenvalue weighted by Crippen LogP contribution is -1.65. The summed E-state index contributed by atoms with van der Waals surface area (Å²) in [6, 6.07) is 6.10. The quantitative estimate of drug-likeness (QED) is 0.483. The molecule has 0 aliphatic rings. The Bertz CT molecular complexity index is 285. The second-order valence-electron chi connectivity index (χ2n) is 1.82. The maximum Gasteiger partial charge on any atom is 0.123 e. The number of thiophene rings is 1. The van der Waals surface area contributed by atoms with Gasteiger partial charge in [0, 0.05) is 11.6 Å². The van der Waals surface area contributed by atoms with E-state index in [0.717, 1.165) is 4.83 Å². The molecule has 0 fully saturated rings. The van der Waals surface area contributed by atoms with Crippen molar-refractivity contribution in [2.24, 2.45) is 0 Å². The lowest BCUT2D eigenvalue weighted by molar-refractivity contribution is 1.45. The van der Waals surface area contributed by atoms with Crippen LogP contribution in [0.1, 0.15) is 59.4 Å². The van der Waals surface area contributed by atoms with Crippen LogP contribution in [-0.2, 0) is 0 Å². The van der Waals surface area contributed by atoms with Crippen LogP contribution in [0.2, 0.25) is 0 Å². The van der Waals surface area contributed by atoms with Crippen LogP contribution in [0.3, 0.4) is 0 Å². The fourth-order valence-corrected chi connectivity index (χ4v) is 1.54.